The second-order valence-electron chi connectivity index (χ2n) is 2.98. The topological polar surface area (TPSA) is 78.4 Å². The fourth-order valence-corrected chi connectivity index (χ4v) is 1.13. The highest BCUT2D eigenvalue weighted by Gasteiger charge is 2.02. The van der Waals surface area contributed by atoms with E-state index in [1.54, 1.807) is 24.3 Å². The van der Waals surface area contributed by atoms with Gasteiger partial charge >= 0.3 is 12.0 Å². The van der Waals surface area contributed by atoms with Crippen LogP contribution in [0.4, 0.5) is 10.5 Å². The first-order chi connectivity index (χ1) is 7.11. The molecule has 16 heavy (non-hydrogen) atoms. The van der Waals surface area contributed by atoms with E-state index in [1.165, 1.54) is 7.05 Å². The molecule has 0 aliphatic carbocycles. The number of aliphatic carboxylic acids is 1. The summed E-state index contributed by atoms with van der Waals surface area (Å²) in [5.74, 6) is -0.896. The first-order valence-electron chi connectivity index (χ1n) is 4.41. The molecule has 88 valence electrons. The van der Waals surface area contributed by atoms with Crippen molar-refractivity contribution in [2.45, 2.75) is 6.42 Å². The van der Waals surface area contributed by atoms with Crippen LogP contribution >= 0.6 is 12.4 Å². The van der Waals surface area contributed by atoms with Crippen molar-refractivity contribution in [1.82, 2.24) is 5.32 Å². The summed E-state index contributed by atoms with van der Waals surface area (Å²) in [6.07, 6.45) is -0.0523. The Hall–Kier alpha value is -1.75. The molecule has 0 aliphatic rings. The Kier molecular flexibility index (Phi) is 5.95. The van der Waals surface area contributed by atoms with Gasteiger partial charge in [0.15, 0.2) is 0 Å². The lowest BCUT2D eigenvalue weighted by molar-refractivity contribution is -0.136. The van der Waals surface area contributed by atoms with Gasteiger partial charge in [-0.05, 0) is 17.7 Å². The number of carboxylic acid groups (broad SMARTS) is 1. The minimum atomic E-state index is -0.896. The molecule has 0 unspecified atom stereocenters. The van der Waals surface area contributed by atoms with E-state index in [2.05, 4.69) is 10.6 Å². The van der Waals surface area contributed by atoms with E-state index in [0.29, 0.717) is 11.3 Å². The Morgan fingerprint density at radius 3 is 2.62 bits per heavy atom. The third kappa shape index (κ3) is 4.65. The first kappa shape index (κ1) is 14.2. The largest absolute Gasteiger partial charge is 0.481 e. The maximum Gasteiger partial charge on any atom is 0.318 e. The molecule has 0 heterocycles. The lowest BCUT2D eigenvalue weighted by atomic mass is 10.1. The van der Waals surface area contributed by atoms with E-state index in [-0.39, 0.29) is 24.9 Å². The van der Waals surface area contributed by atoms with Crippen LogP contribution in [0.1, 0.15) is 5.56 Å². The van der Waals surface area contributed by atoms with Gasteiger partial charge in [0.25, 0.3) is 0 Å². The summed E-state index contributed by atoms with van der Waals surface area (Å²) < 4.78 is 0. The van der Waals surface area contributed by atoms with Gasteiger partial charge in [0.1, 0.15) is 0 Å². The summed E-state index contributed by atoms with van der Waals surface area (Å²) in [6.45, 7) is 0. The van der Waals surface area contributed by atoms with Crippen LogP contribution in [0, 0.1) is 0 Å². The van der Waals surface area contributed by atoms with Crippen LogP contribution in [0.15, 0.2) is 24.3 Å². The van der Waals surface area contributed by atoms with E-state index in [0.717, 1.165) is 0 Å². The van der Waals surface area contributed by atoms with E-state index in [9.17, 15) is 9.59 Å². The molecule has 0 aliphatic heterocycles. The Balaban J connectivity index is 0.00000225. The quantitative estimate of drug-likeness (QED) is 0.754. The van der Waals surface area contributed by atoms with E-state index in [4.69, 9.17) is 5.11 Å². The average molecular weight is 245 g/mol. The molecular formula is C10H13ClN2O3. The first-order valence-corrected chi connectivity index (χ1v) is 4.41. The Labute approximate surface area is 99.3 Å². The molecule has 1 aromatic rings. The number of carbonyl (C=O) groups is 2. The van der Waals surface area contributed by atoms with Gasteiger partial charge in [0.2, 0.25) is 0 Å². The van der Waals surface area contributed by atoms with Crippen LogP contribution in [0.2, 0.25) is 0 Å². The number of benzene rings is 1. The van der Waals surface area contributed by atoms with Crippen molar-refractivity contribution in [2.24, 2.45) is 0 Å². The summed E-state index contributed by atoms with van der Waals surface area (Å²) >= 11 is 0. The molecule has 1 rings (SSSR count). The van der Waals surface area contributed by atoms with Gasteiger partial charge in [0, 0.05) is 12.7 Å². The summed E-state index contributed by atoms with van der Waals surface area (Å²) in [6, 6.07) is 6.39. The van der Waals surface area contributed by atoms with Crippen molar-refractivity contribution < 1.29 is 14.7 Å². The molecule has 0 fully saturated rings. The van der Waals surface area contributed by atoms with Crippen molar-refractivity contribution in [3.05, 3.63) is 29.8 Å². The van der Waals surface area contributed by atoms with Gasteiger partial charge in [-0.3, -0.25) is 4.79 Å². The fourth-order valence-electron chi connectivity index (χ4n) is 1.13. The van der Waals surface area contributed by atoms with Crippen molar-refractivity contribution in [2.75, 3.05) is 12.4 Å². The molecule has 0 atom stereocenters. The molecule has 3 N–H and O–H groups in total. The number of carbonyl (C=O) groups excluding carboxylic acids is 1. The van der Waals surface area contributed by atoms with Gasteiger partial charge in [-0.1, -0.05) is 12.1 Å². The molecule has 0 spiro atoms. The number of anilines is 1. The van der Waals surface area contributed by atoms with E-state index in [1.807, 2.05) is 0 Å². The Morgan fingerprint density at radius 1 is 1.38 bits per heavy atom. The predicted octanol–water partition coefficient (Wildman–Crippen LogP) is 1.49. The highest BCUT2D eigenvalue weighted by Crippen LogP contribution is 2.10. The number of nitrogens with one attached hydrogen (secondary N) is 2. The molecule has 5 nitrogen and oxygen atoms in total. The molecule has 0 saturated carbocycles. The number of amides is 2. The third-order valence-electron chi connectivity index (χ3n) is 1.77. The second kappa shape index (κ2) is 6.68. The standard InChI is InChI=1S/C10H12N2O3.ClH/c1-11-10(15)12-8-4-2-3-7(5-8)6-9(13)14;/h2-5H,6H2,1H3,(H,13,14)(H2,11,12,15);1H. The summed E-state index contributed by atoms with van der Waals surface area (Å²) in [5, 5.41) is 13.6. The van der Waals surface area contributed by atoms with Crippen LogP contribution in [0.3, 0.4) is 0 Å². The van der Waals surface area contributed by atoms with Crippen LogP contribution in [-0.4, -0.2) is 24.2 Å². The third-order valence-corrected chi connectivity index (χ3v) is 1.77. The molecule has 0 bridgehead atoms. The fraction of sp³-hybridized carbons (Fsp3) is 0.200. The molecule has 0 aromatic heterocycles. The highest BCUT2D eigenvalue weighted by atomic mass is 35.5. The van der Waals surface area contributed by atoms with Crippen molar-refractivity contribution in [3.8, 4) is 0 Å². The Morgan fingerprint density at radius 2 is 2.06 bits per heavy atom. The number of carboxylic acids is 1. The second-order valence-corrected chi connectivity index (χ2v) is 2.98. The van der Waals surface area contributed by atoms with E-state index < -0.39 is 5.97 Å². The number of urea groups is 1. The molecule has 1 aromatic carbocycles. The van der Waals surface area contributed by atoms with Crippen molar-refractivity contribution >= 4 is 30.1 Å². The molecule has 6 heteroatoms. The van der Waals surface area contributed by atoms with Crippen LogP contribution < -0.4 is 10.6 Å². The van der Waals surface area contributed by atoms with E-state index >= 15 is 0 Å². The smallest absolute Gasteiger partial charge is 0.318 e. The number of halogens is 1. The number of rotatable bonds is 3. The molecule has 2 amide bonds. The maximum absolute atomic E-state index is 11.0. The van der Waals surface area contributed by atoms with Crippen LogP contribution in [0.25, 0.3) is 0 Å². The van der Waals surface area contributed by atoms with Gasteiger partial charge in [-0.15, -0.1) is 12.4 Å². The lowest BCUT2D eigenvalue weighted by Crippen LogP contribution is -2.24. The summed E-state index contributed by atoms with van der Waals surface area (Å²) in [7, 11) is 1.51. The molecule has 0 saturated heterocycles. The normalized spacial score (nSPS) is 8.81. The monoisotopic (exact) mass is 244 g/mol. The predicted molar refractivity (Wildman–Crippen MR) is 63.1 cm³/mol. The Bertz CT molecular complexity index is 382. The van der Waals surface area contributed by atoms with Crippen molar-refractivity contribution in [1.29, 1.82) is 0 Å². The maximum atomic E-state index is 11.0. The van der Waals surface area contributed by atoms with Crippen molar-refractivity contribution in [3.63, 3.8) is 0 Å². The SMILES string of the molecule is CNC(=O)Nc1cccc(CC(=O)O)c1.Cl. The zero-order chi connectivity index (χ0) is 11.3. The van der Waals surface area contributed by atoms with Gasteiger partial charge in [0.05, 0.1) is 6.42 Å². The zero-order valence-corrected chi connectivity index (χ0v) is 9.50. The summed E-state index contributed by atoms with van der Waals surface area (Å²) in [5.41, 5.74) is 1.23. The number of hydrogen-bond donors (Lipinski definition) is 3. The van der Waals surface area contributed by atoms with Gasteiger partial charge in [-0.25, -0.2) is 4.79 Å². The molecular weight excluding hydrogens is 232 g/mol. The van der Waals surface area contributed by atoms with Crippen LogP contribution in [-0.2, 0) is 11.2 Å². The minimum absolute atomic E-state index is 0. The zero-order valence-electron chi connectivity index (χ0n) is 8.69. The van der Waals surface area contributed by atoms with Gasteiger partial charge in [-0.2, -0.15) is 0 Å². The lowest BCUT2D eigenvalue weighted by Gasteiger charge is -2.05. The van der Waals surface area contributed by atoms with Gasteiger partial charge < -0.3 is 15.7 Å². The average Bonchev–Trinajstić information content (AvgIpc) is 2.17. The highest BCUT2D eigenvalue weighted by molar-refractivity contribution is 5.89. The number of hydrogen-bond acceptors (Lipinski definition) is 2. The summed E-state index contributed by atoms with van der Waals surface area (Å²) in [4.78, 5) is 21.4. The van der Waals surface area contributed by atoms with Crippen LogP contribution in [0.5, 0.6) is 0 Å². The minimum Gasteiger partial charge on any atom is -0.481 e. The molecule has 0 radical (unpaired) electrons.